The van der Waals surface area contributed by atoms with E-state index in [1.165, 1.54) is 11.1 Å². The first-order chi connectivity index (χ1) is 11.1. The highest BCUT2D eigenvalue weighted by molar-refractivity contribution is 6.31. The maximum absolute atomic E-state index is 6.08. The Labute approximate surface area is 141 Å². The van der Waals surface area contributed by atoms with Crippen LogP contribution in [0.2, 0.25) is 5.02 Å². The van der Waals surface area contributed by atoms with Gasteiger partial charge in [0.15, 0.2) is 0 Å². The predicted octanol–water partition coefficient (Wildman–Crippen LogP) is 3.82. The highest BCUT2D eigenvalue weighted by atomic mass is 35.5. The Hall–Kier alpha value is -1.91. The maximum atomic E-state index is 6.08. The third-order valence-electron chi connectivity index (χ3n) is 4.25. The Balaban J connectivity index is 1.70. The van der Waals surface area contributed by atoms with Gasteiger partial charge in [-0.05, 0) is 62.2 Å². The molecule has 0 radical (unpaired) electrons. The van der Waals surface area contributed by atoms with Crippen molar-refractivity contribution in [3.63, 3.8) is 0 Å². The number of rotatable bonds is 5. The topological polar surface area (TPSA) is 42.7 Å². The summed E-state index contributed by atoms with van der Waals surface area (Å²) >= 11 is 6.08. The molecule has 2 aromatic heterocycles. The second kappa shape index (κ2) is 6.69. The molecule has 5 heteroatoms. The zero-order valence-corrected chi connectivity index (χ0v) is 14.4. The first-order valence-electron chi connectivity index (χ1n) is 7.81. The number of aromatic nitrogens is 3. The van der Waals surface area contributed by atoms with Crippen molar-refractivity contribution in [3.8, 4) is 0 Å². The highest BCUT2D eigenvalue weighted by Crippen LogP contribution is 2.22. The Morgan fingerprint density at radius 3 is 2.91 bits per heavy atom. The molecular formula is C18H21ClN4. The number of hydrogen-bond acceptors (Lipinski definition) is 3. The lowest BCUT2D eigenvalue weighted by Gasteiger charge is -2.14. The molecule has 1 N–H and O–H groups in total. The second-order valence-corrected chi connectivity index (χ2v) is 6.33. The zero-order valence-electron chi connectivity index (χ0n) is 13.7. The van der Waals surface area contributed by atoms with Crippen LogP contribution in [0.25, 0.3) is 11.0 Å². The number of aryl methyl sites for hydroxylation is 2. The number of benzene rings is 1. The standard InChI is InChI=1S/C18H21ClN4/c1-12-11-20-8-6-14(12)7-9-21-13(2)18-22-16-5-4-15(19)10-17(16)23(18)3/h4-6,8,10-11,13,21H,7,9H2,1-3H3/t13-/m1/s1. The maximum Gasteiger partial charge on any atom is 0.126 e. The molecule has 1 aromatic carbocycles. The largest absolute Gasteiger partial charge is 0.330 e. The minimum absolute atomic E-state index is 0.174. The van der Waals surface area contributed by atoms with Crippen LogP contribution in [0.3, 0.4) is 0 Å². The van der Waals surface area contributed by atoms with E-state index in [9.17, 15) is 0 Å². The first kappa shape index (κ1) is 16.0. The Morgan fingerprint density at radius 2 is 2.13 bits per heavy atom. The van der Waals surface area contributed by atoms with Gasteiger partial charge in [-0.15, -0.1) is 0 Å². The molecule has 120 valence electrons. The summed E-state index contributed by atoms with van der Waals surface area (Å²) in [6.45, 7) is 5.14. The van der Waals surface area contributed by atoms with Gasteiger partial charge in [0.2, 0.25) is 0 Å². The molecule has 0 bridgehead atoms. The van der Waals surface area contributed by atoms with Crippen molar-refractivity contribution in [2.24, 2.45) is 7.05 Å². The van der Waals surface area contributed by atoms with Gasteiger partial charge in [-0.2, -0.15) is 0 Å². The fourth-order valence-corrected chi connectivity index (χ4v) is 3.03. The van der Waals surface area contributed by atoms with E-state index in [1.807, 2.05) is 37.6 Å². The molecule has 3 rings (SSSR count). The number of halogens is 1. The summed E-state index contributed by atoms with van der Waals surface area (Å²) in [4.78, 5) is 8.86. The summed E-state index contributed by atoms with van der Waals surface area (Å²) in [5, 5.41) is 4.29. The lowest BCUT2D eigenvalue weighted by atomic mass is 10.1. The summed E-state index contributed by atoms with van der Waals surface area (Å²) < 4.78 is 2.11. The predicted molar refractivity (Wildman–Crippen MR) is 94.8 cm³/mol. The number of imidazole rings is 1. The Bertz CT molecular complexity index is 825. The smallest absolute Gasteiger partial charge is 0.126 e. The number of hydrogen-bond donors (Lipinski definition) is 1. The summed E-state index contributed by atoms with van der Waals surface area (Å²) in [5.74, 6) is 1.02. The van der Waals surface area contributed by atoms with E-state index in [4.69, 9.17) is 16.6 Å². The summed E-state index contributed by atoms with van der Waals surface area (Å²) in [7, 11) is 2.03. The Kier molecular flexibility index (Phi) is 4.64. The van der Waals surface area contributed by atoms with E-state index in [0.29, 0.717) is 0 Å². The van der Waals surface area contributed by atoms with Gasteiger partial charge >= 0.3 is 0 Å². The van der Waals surface area contributed by atoms with Crippen LogP contribution >= 0.6 is 11.6 Å². The third-order valence-corrected chi connectivity index (χ3v) is 4.48. The van der Waals surface area contributed by atoms with Crippen LogP contribution in [-0.4, -0.2) is 21.1 Å². The molecule has 0 spiro atoms. The Morgan fingerprint density at radius 1 is 1.30 bits per heavy atom. The molecule has 23 heavy (non-hydrogen) atoms. The van der Waals surface area contributed by atoms with Gasteiger partial charge in [-0.1, -0.05) is 11.6 Å². The molecule has 2 heterocycles. The van der Waals surface area contributed by atoms with Gasteiger partial charge in [0, 0.05) is 24.5 Å². The minimum Gasteiger partial charge on any atom is -0.330 e. The van der Waals surface area contributed by atoms with Gasteiger partial charge in [0.05, 0.1) is 17.1 Å². The monoisotopic (exact) mass is 328 g/mol. The molecule has 0 amide bonds. The van der Waals surface area contributed by atoms with Crippen LogP contribution in [0.5, 0.6) is 0 Å². The van der Waals surface area contributed by atoms with Crippen molar-refractivity contribution in [1.82, 2.24) is 19.9 Å². The highest BCUT2D eigenvalue weighted by Gasteiger charge is 2.14. The van der Waals surface area contributed by atoms with Crippen molar-refractivity contribution in [2.75, 3.05) is 6.54 Å². The lowest BCUT2D eigenvalue weighted by molar-refractivity contribution is 0.536. The van der Waals surface area contributed by atoms with E-state index in [2.05, 4.69) is 34.8 Å². The third kappa shape index (κ3) is 3.38. The van der Waals surface area contributed by atoms with Gasteiger partial charge in [0.25, 0.3) is 0 Å². The SMILES string of the molecule is Cc1cnccc1CCN[C@H](C)c1nc2ccc(Cl)cc2n1C. The summed E-state index contributed by atoms with van der Waals surface area (Å²) in [6, 6.07) is 8.06. The fraction of sp³-hybridized carbons (Fsp3) is 0.333. The van der Waals surface area contributed by atoms with Crippen LogP contribution in [0.15, 0.2) is 36.7 Å². The number of pyridine rings is 1. The second-order valence-electron chi connectivity index (χ2n) is 5.89. The van der Waals surface area contributed by atoms with Crippen LogP contribution in [0.4, 0.5) is 0 Å². The van der Waals surface area contributed by atoms with Crippen LogP contribution < -0.4 is 5.32 Å². The minimum atomic E-state index is 0.174. The number of nitrogens with one attached hydrogen (secondary N) is 1. The molecule has 0 saturated heterocycles. The van der Waals surface area contributed by atoms with Gasteiger partial charge < -0.3 is 9.88 Å². The molecule has 0 aliphatic rings. The van der Waals surface area contributed by atoms with E-state index in [0.717, 1.165) is 34.8 Å². The molecule has 3 aromatic rings. The van der Waals surface area contributed by atoms with Crippen molar-refractivity contribution >= 4 is 22.6 Å². The average Bonchev–Trinajstić information content (AvgIpc) is 2.86. The van der Waals surface area contributed by atoms with Crippen LogP contribution in [0, 0.1) is 6.92 Å². The molecule has 0 aliphatic carbocycles. The molecule has 0 aliphatic heterocycles. The zero-order chi connectivity index (χ0) is 16.4. The normalized spacial score (nSPS) is 12.7. The van der Waals surface area contributed by atoms with Crippen LogP contribution in [-0.2, 0) is 13.5 Å². The molecular weight excluding hydrogens is 308 g/mol. The molecule has 4 nitrogen and oxygen atoms in total. The summed E-state index contributed by atoms with van der Waals surface area (Å²) in [5.41, 5.74) is 4.60. The molecule has 0 unspecified atom stereocenters. The molecule has 0 saturated carbocycles. The van der Waals surface area contributed by atoms with E-state index in [-0.39, 0.29) is 6.04 Å². The van der Waals surface area contributed by atoms with E-state index in [1.54, 1.807) is 0 Å². The van der Waals surface area contributed by atoms with Crippen LogP contribution in [0.1, 0.15) is 29.9 Å². The lowest BCUT2D eigenvalue weighted by Crippen LogP contribution is -2.24. The number of nitrogens with zero attached hydrogens (tertiary/aromatic N) is 3. The summed E-state index contributed by atoms with van der Waals surface area (Å²) in [6.07, 6.45) is 4.74. The van der Waals surface area contributed by atoms with Gasteiger partial charge in [-0.25, -0.2) is 4.98 Å². The molecule has 1 atom stereocenters. The fourth-order valence-electron chi connectivity index (χ4n) is 2.87. The van der Waals surface area contributed by atoms with Crippen molar-refractivity contribution in [1.29, 1.82) is 0 Å². The van der Waals surface area contributed by atoms with E-state index < -0.39 is 0 Å². The van der Waals surface area contributed by atoms with Crippen molar-refractivity contribution in [2.45, 2.75) is 26.3 Å². The quantitative estimate of drug-likeness (QED) is 0.774. The first-order valence-corrected chi connectivity index (χ1v) is 8.19. The average molecular weight is 329 g/mol. The number of fused-ring (bicyclic) bond motifs is 1. The van der Waals surface area contributed by atoms with E-state index >= 15 is 0 Å². The van der Waals surface area contributed by atoms with Crippen molar-refractivity contribution < 1.29 is 0 Å². The molecule has 0 fully saturated rings. The van der Waals surface area contributed by atoms with Gasteiger partial charge in [0.1, 0.15) is 5.82 Å². The van der Waals surface area contributed by atoms with Crippen molar-refractivity contribution in [3.05, 3.63) is 58.6 Å². The van der Waals surface area contributed by atoms with Gasteiger partial charge in [-0.3, -0.25) is 4.98 Å².